The number of hydrogen-bond donors (Lipinski definition) is 1. The van der Waals surface area contributed by atoms with Crippen LogP contribution in [0.5, 0.6) is 0 Å². The molecule has 0 spiro atoms. The number of anilines is 1. The summed E-state index contributed by atoms with van der Waals surface area (Å²) in [5, 5.41) is 12.9. The van der Waals surface area contributed by atoms with Gasteiger partial charge in [-0.3, -0.25) is 4.79 Å². The molecule has 1 N–H and O–H groups in total. The lowest BCUT2D eigenvalue weighted by atomic mass is 10.1. The molecule has 5 rings (SSSR count). The number of carbonyl (C=O) groups is 2. The highest BCUT2D eigenvalue weighted by Gasteiger charge is 2.29. The average Bonchev–Trinajstić information content (AvgIpc) is 3.74. The Morgan fingerprint density at radius 3 is 2.46 bits per heavy atom. The number of fused-ring (bicyclic) bond motifs is 1. The second-order valence-corrected chi connectivity index (χ2v) is 9.02. The maximum atomic E-state index is 15.1. The zero-order valence-corrected chi connectivity index (χ0v) is 19.7. The standard InChI is InChI=1S/C25H23FN6O5/c26-20-11-18-21(32(17-5-6-17)13-19(23(18)33)24(34)35)12-22(20)30-7-9-31(10-8-30)25(36)37-14-15-1-3-16(4-2-15)28-29-27/h1-4,11-13,17H,5-10,14H2,(H,34,35). The highest BCUT2D eigenvalue weighted by molar-refractivity contribution is 5.93. The fourth-order valence-corrected chi connectivity index (χ4v) is 4.48. The summed E-state index contributed by atoms with van der Waals surface area (Å²) >= 11 is 0. The van der Waals surface area contributed by atoms with E-state index < -0.39 is 23.3 Å². The van der Waals surface area contributed by atoms with Gasteiger partial charge in [0.25, 0.3) is 0 Å². The smallest absolute Gasteiger partial charge is 0.410 e. The number of benzene rings is 2. The molecule has 37 heavy (non-hydrogen) atoms. The van der Waals surface area contributed by atoms with Crippen molar-refractivity contribution in [3.63, 3.8) is 0 Å². The van der Waals surface area contributed by atoms with E-state index in [1.807, 2.05) is 0 Å². The average molecular weight is 506 g/mol. The van der Waals surface area contributed by atoms with Gasteiger partial charge in [0, 0.05) is 54.4 Å². The van der Waals surface area contributed by atoms with Crippen LogP contribution in [0.1, 0.15) is 34.8 Å². The molecule has 0 unspecified atom stereocenters. The van der Waals surface area contributed by atoms with Gasteiger partial charge in [-0.25, -0.2) is 14.0 Å². The van der Waals surface area contributed by atoms with Crippen molar-refractivity contribution in [2.45, 2.75) is 25.5 Å². The Morgan fingerprint density at radius 2 is 1.84 bits per heavy atom. The van der Waals surface area contributed by atoms with Gasteiger partial charge in [-0.1, -0.05) is 29.4 Å². The number of halogens is 1. The monoisotopic (exact) mass is 506 g/mol. The minimum absolute atomic E-state index is 0.0442. The Bertz CT molecular complexity index is 1490. The molecule has 3 aromatic rings. The van der Waals surface area contributed by atoms with E-state index in [4.69, 9.17) is 10.3 Å². The molecule has 0 bridgehead atoms. The highest BCUT2D eigenvalue weighted by Crippen LogP contribution is 2.38. The van der Waals surface area contributed by atoms with Crippen molar-refractivity contribution in [1.82, 2.24) is 9.47 Å². The van der Waals surface area contributed by atoms with Crippen molar-refractivity contribution in [2.75, 3.05) is 31.1 Å². The first kappa shape index (κ1) is 24.1. The number of ether oxygens (including phenoxy) is 1. The van der Waals surface area contributed by atoms with Crippen molar-refractivity contribution < 1.29 is 23.8 Å². The van der Waals surface area contributed by atoms with Crippen LogP contribution in [0.15, 0.2) is 52.5 Å². The Balaban J connectivity index is 1.28. The predicted octanol–water partition coefficient (Wildman–Crippen LogP) is 4.57. The highest BCUT2D eigenvalue weighted by atomic mass is 19.1. The third-order valence-electron chi connectivity index (χ3n) is 6.61. The van der Waals surface area contributed by atoms with Crippen LogP contribution in [-0.4, -0.2) is 52.8 Å². The molecular weight excluding hydrogens is 483 g/mol. The molecule has 0 radical (unpaired) electrons. The number of carboxylic acids is 1. The van der Waals surface area contributed by atoms with Crippen LogP contribution < -0.4 is 10.3 Å². The number of amides is 1. The van der Waals surface area contributed by atoms with E-state index in [9.17, 15) is 19.5 Å². The second kappa shape index (κ2) is 9.82. The van der Waals surface area contributed by atoms with E-state index in [1.165, 1.54) is 6.20 Å². The molecule has 2 aromatic carbocycles. The molecule has 1 aliphatic heterocycles. The fraction of sp³-hybridized carbons (Fsp3) is 0.320. The van der Waals surface area contributed by atoms with Crippen molar-refractivity contribution in [2.24, 2.45) is 5.11 Å². The molecule has 1 saturated heterocycles. The summed E-state index contributed by atoms with van der Waals surface area (Å²) in [7, 11) is 0. The molecule has 2 heterocycles. The summed E-state index contributed by atoms with van der Waals surface area (Å²) in [5.74, 6) is -1.95. The van der Waals surface area contributed by atoms with Crippen LogP contribution in [0, 0.1) is 5.82 Å². The van der Waals surface area contributed by atoms with Gasteiger partial charge >= 0.3 is 12.1 Å². The van der Waals surface area contributed by atoms with Gasteiger partial charge in [0.05, 0.1) is 11.2 Å². The number of aromatic nitrogens is 1. The van der Waals surface area contributed by atoms with E-state index in [-0.39, 0.29) is 23.6 Å². The minimum Gasteiger partial charge on any atom is -0.477 e. The van der Waals surface area contributed by atoms with Crippen LogP contribution in [0.2, 0.25) is 0 Å². The van der Waals surface area contributed by atoms with Crippen LogP contribution in [0.4, 0.5) is 20.6 Å². The first-order valence-corrected chi connectivity index (χ1v) is 11.8. The van der Waals surface area contributed by atoms with Crippen LogP contribution >= 0.6 is 0 Å². The molecule has 1 amide bonds. The molecule has 2 aliphatic rings. The van der Waals surface area contributed by atoms with Gasteiger partial charge in [-0.2, -0.15) is 0 Å². The maximum Gasteiger partial charge on any atom is 0.410 e. The molecule has 1 aliphatic carbocycles. The van der Waals surface area contributed by atoms with Crippen LogP contribution in [0.3, 0.4) is 0 Å². The summed E-state index contributed by atoms with van der Waals surface area (Å²) in [5.41, 5.74) is 9.40. The molecule has 11 nitrogen and oxygen atoms in total. The van der Waals surface area contributed by atoms with Gasteiger partial charge < -0.3 is 24.2 Å². The maximum absolute atomic E-state index is 15.1. The first-order valence-electron chi connectivity index (χ1n) is 11.8. The van der Waals surface area contributed by atoms with Gasteiger partial charge in [-0.05, 0) is 36.1 Å². The summed E-state index contributed by atoms with van der Waals surface area (Å²) in [4.78, 5) is 42.8. The normalized spacial score (nSPS) is 15.4. The lowest BCUT2D eigenvalue weighted by Crippen LogP contribution is -2.49. The topological polar surface area (TPSA) is 141 Å². The number of aromatic carboxylic acids is 1. The SMILES string of the molecule is [N-]=[N+]=Nc1ccc(COC(=O)N2CCN(c3cc4c(cc3F)c(=O)c(C(=O)O)cn4C3CC3)CC2)cc1. The number of piperazine rings is 1. The van der Waals surface area contributed by atoms with Gasteiger partial charge in [0.15, 0.2) is 0 Å². The van der Waals surface area contributed by atoms with Crippen LogP contribution in [0.25, 0.3) is 21.3 Å². The van der Waals surface area contributed by atoms with Crippen molar-refractivity contribution in [1.29, 1.82) is 0 Å². The number of pyridine rings is 1. The zero-order valence-electron chi connectivity index (χ0n) is 19.7. The summed E-state index contributed by atoms with van der Waals surface area (Å²) in [6.45, 7) is 1.42. The lowest BCUT2D eigenvalue weighted by Gasteiger charge is -2.35. The Labute approximate surface area is 209 Å². The summed E-state index contributed by atoms with van der Waals surface area (Å²) in [6.07, 6.45) is 2.59. The predicted molar refractivity (Wildman–Crippen MR) is 133 cm³/mol. The number of carboxylic acid groups (broad SMARTS) is 1. The number of carbonyl (C=O) groups excluding carboxylic acids is 1. The quantitative estimate of drug-likeness (QED) is 0.295. The molecule has 0 atom stereocenters. The van der Waals surface area contributed by atoms with E-state index >= 15 is 4.39 Å². The molecule has 2 fully saturated rings. The third-order valence-corrected chi connectivity index (χ3v) is 6.61. The summed E-state index contributed by atoms with van der Waals surface area (Å²) in [6, 6.07) is 9.48. The number of hydrogen-bond acceptors (Lipinski definition) is 6. The van der Waals surface area contributed by atoms with E-state index in [2.05, 4.69) is 10.0 Å². The van der Waals surface area contributed by atoms with Crippen molar-refractivity contribution in [3.8, 4) is 0 Å². The van der Waals surface area contributed by atoms with Gasteiger partial charge in [0.2, 0.25) is 5.43 Å². The molecule has 12 heteroatoms. The van der Waals surface area contributed by atoms with E-state index in [1.54, 1.807) is 44.7 Å². The third kappa shape index (κ3) is 4.91. The summed E-state index contributed by atoms with van der Waals surface area (Å²) < 4.78 is 22.3. The second-order valence-electron chi connectivity index (χ2n) is 9.02. The molecule has 190 valence electrons. The molecule has 1 saturated carbocycles. The number of nitrogens with zero attached hydrogens (tertiary/aromatic N) is 6. The zero-order chi connectivity index (χ0) is 26.1. The van der Waals surface area contributed by atoms with Crippen molar-refractivity contribution in [3.05, 3.63) is 80.2 Å². The largest absolute Gasteiger partial charge is 0.477 e. The number of rotatable bonds is 6. The van der Waals surface area contributed by atoms with E-state index in [0.717, 1.165) is 24.5 Å². The fourth-order valence-electron chi connectivity index (χ4n) is 4.48. The van der Waals surface area contributed by atoms with E-state index in [0.29, 0.717) is 43.1 Å². The van der Waals surface area contributed by atoms with Crippen molar-refractivity contribution >= 4 is 34.3 Å². The Kier molecular flexibility index (Phi) is 6.41. The Hall–Kier alpha value is -4.57. The minimum atomic E-state index is -1.33. The van der Waals surface area contributed by atoms with Gasteiger partial charge in [0.1, 0.15) is 18.0 Å². The molecule has 1 aromatic heterocycles. The van der Waals surface area contributed by atoms with Gasteiger partial charge in [-0.15, -0.1) is 0 Å². The Morgan fingerprint density at radius 1 is 1.14 bits per heavy atom. The molecular formula is C25H23FN6O5. The lowest BCUT2D eigenvalue weighted by molar-refractivity contribution is 0.0694. The van der Waals surface area contributed by atoms with Crippen LogP contribution in [-0.2, 0) is 11.3 Å². The first-order chi connectivity index (χ1) is 17.9. The number of azide groups is 1.